The van der Waals surface area contributed by atoms with Gasteiger partial charge in [0, 0.05) is 13.2 Å². The van der Waals surface area contributed by atoms with Gasteiger partial charge < -0.3 is 15.2 Å². The fourth-order valence-corrected chi connectivity index (χ4v) is 1.87. The molecule has 114 valence electrons. The standard InChI is InChI=1S/C14H20F3NO2/c1-3-19-13(20-4-2)12(18)9-10-6-5-7-11(8-10)14(15,16)17/h5-8,12-13H,3-4,9,18H2,1-2H3. The van der Waals surface area contributed by atoms with Crippen molar-refractivity contribution in [1.29, 1.82) is 0 Å². The Bertz CT molecular complexity index is 404. The third kappa shape index (κ3) is 5.11. The van der Waals surface area contributed by atoms with E-state index in [1.807, 2.05) is 13.8 Å². The number of rotatable bonds is 7. The lowest BCUT2D eigenvalue weighted by atomic mass is 10.0. The monoisotopic (exact) mass is 291 g/mol. The lowest BCUT2D eigenvalue weighted by molar-refractivity contribution is -0.148. The topological polar surface area (TPSA) is 44.5 Å². The molecule has 0 saturated carbocycles. The lowest BCUT2D eigenvalue weighted by Gasteiger charge is -2.23. The summed E-state index contributed by atoms with van der Waals surface area (Å²) in [5, 5.41) is 0. The molecule has 0 aromatic heterocycles. The Morgan fingerprint density at radius 3 is 2.25 bits per heavy atom. The molecule has 20 heavy (non-hydrogen) atoms. The Labute approximate surface area is 116 Å². The van der Waals surface area contributed by atoms with Crippen LogP contribution >= 0.6 is 0 Å². The number of hydrogen-bond acceptors (Lipinski definition) is 3. The van der Waals surface area contributed by atoms with Crippen LogP contribution in [0.25, 0.3) is 0 Å². The molecule has 0 radical (unpaired) electrons. The Morgan fingerprint density at radius 2 is 1.75 bits per heavy atom. The number of ether oxygens (including phenoxy) is 2. The number of nitrogens with two attached hydrogens (primary N) is 1. The van der Waals surface area contributed by atoms with Gasteiger partial charge in [0.25, 0.3) is 0 Å². The van der Waals surface area contributed by atoms with Crippen LogP contribution < -0.4 is 5.73 Å². The van der Waals surface area contributed by atoms with Crippen LogP contribution in [0.5, 0.6) is 0 Å². The molecule has 1 aromatic carbocycles. The van der Waals surface area contributed by atoms with Gasteiger partial charge in [-0.15, -0.1) is 0 Å². The number of hydrogen-bond donors (Lipinski definition) is 1. The fourth-order valence-electron chi connectivity index (χ4n) is 1.87. The van der Waals surface area contributed by atoms with Gasteiger partial charge in [0.15, 0.2) is 6.29 Å². The molecule has 0 spiro atoms. The van der Waals surface area contributed by atoms with Crippen molar-refractivity contribution < 1.29 is 22.6 Å². The molecule has 1 rings (SSSR count). The molecule has 0 bridgehead atoms. The first-order chi connectivity index (χ1) is 9.38. The van der Waals surface area contributed by atoms with Crippen LogP contribution in [0.2, 0.25) is 0 Å². The largest absolute Gasteiger partial charge is 0.416 e. The molecule has 0 aliphatic rings. The molecule has 0 heterocycles. The van der Waals surface area contributed by atoms with Crippen LogP contribution in [0.4, 0.5) is 13.2 Å². The Balaban J connectivity index is 2.76. The van der Waals surface area contributed by atoms with Gasteiger partial charge in [0.2, 0.25) is 0 Å². The van der Waals surface area contributed by atoms with Gasteiger partial charge in [-0.3, -0.25) is 0 Å². The van der Waals surface area contributed by atoms with Crippen molar-refractivity contribution in [3.63, 3.8) is 0 Å². The van der Waals surface area contributed by atoms with E-state index >= 15 is 0 Å². The summed E-state index contributed by atoms with van der Waals surface area (Å²) in [5.41, 5.74) is 5.79. The van der Waals surface area contributed by atoms with Crippen molar-refractivity contribution in [2.24, 2.45) is 5.73 Å². The van der Waals surface area contributed by atoms with Crippen LogP contribution in [-0.4, -0.2) is 25.5 Å². The van der Waals surface area contributed by atoms with Crippen molar-refractivity contribution >= 4 is 0 Å². The van der Waals surface area contributed by atoms with Crippen LogP contribution in [-0.2, 0) is 22.1 Å². The second kappa shape index (κ2) is 7.61. The Morgan fingerprint density at radius 1 is 1.15 bits per heavy atom. The van der Waals surface area contributed by atoms with Gasteiger partial charge in [-0.25, -0.2) is 0 Å². The van der Waals surface area contributed by atoms with Crippen LogP contribution in [0.3, 0.4) is 0 Å². The second-order valence-electron chi connectivity index (χ2n) is 4.35. The first kappa shape index (κ1) is 16.9. The van der Waals surface area contributed by atoms with Gasteiger partial charge in [-0.1, -0.05) is 18.2 Å². The predicted octanol–water partition coefficient (Wildman–Crippen LogP) is 2.97. The molecule has 0 saturated heterocycles. The maximum atomic E-state index is 12.6. The summed E-state index contributed by atoms with van der Waals surface area (Å²) in [4.78, 5) is 0. The SMILES string of the molecule is CCOC(OCC)C(N)Cc1cccc(C(F)(F)F)c1. The van der Waals surface area contributed by atoms with Crippen molar-refractivity contribution in [3.05, 3.63) is 35.4 Å². The maximum absolute atomic E-state index is 12.6. The van der Waals surface area contributed by atoms with E-state index < -0.39 is 24.1 Å². The van der Waals surface area contributed by atoms with E-state index in [4.69, 9.17) is 15.2 Å². The van der Waals surface area contributed by atoms with E-state index in [-0.39, 0.29) is 6.42 Å². The molecule has 1 aromatic rings. The molecule has 2 N–H and O–H groups in total. The van der Waals surface area contributed by atoms with Crippen molar-refractivity contribution in [2.75, 3.05) is 13.2 Å². The van der Waals surface area contributed by atoms with Crippen molar-refractivity contribution in [3.8, 4) is 0 Å². The molecular weight excluding hydrogens is 271 g/mol. The highest BCUT2D eigenvalue weighted by Crippen LogP contribution is 2.29. The smallest absolute Gasteiger partial charge is 0.351 e. The Hall–Kier alpha value is -1.11. The van der Waals surface area contributed by atoms with Crippen molar-refractivity contribution in [2.45, 2.75) is 38.8 Å². The first-order valence-corrected chi connectivity index (χ1v) is 6.53. The van der Waals surface area contributed by atoms with E-state index in [0.717, 1.165) is 12.1 Å². The number of benzene rings is 1. The molecule has 0 aliphatic heterocycles. The molecule has 0 amide bonds. The molecule has 1 unspecified atom stereocenters. The lowest BCUT2D eigenvalue weighted by Crippen LogP contribution is -2.40. The first-order valence-electron chi connectivity index (χ1n) is 6.53. The van der Waals surface area contributed by atoms with E-state index in [0.29, 0.717) is 18.8 Å². The minimum absolute atomic E-state index is 0.259. The number of alkyl halides is 3. The summed E-state index contributed by atoms with van der Waals surface area (Å²) in [6.45, 7) is 4.48. The average Bonchev–Trinajstić information content (AvgIpc) is 2.38. The molecule has 3 nitrogen and oxygen atoms in total. The summed E-state index contributed by atoms with van der Waals surface area (Å²) in [7, 11) is 0. The molecule has 6 heteroatoms. The normalized spacial score (nSPS) is 13.8. The predicted molar refractivity (Wildman–Crippen MR) is 70.2 cm³/mol. The molecular formula is C14H20F3NO2. The van der Waals surface area contributed by atoms with Gasteiger partial charge in [-0.05, 0) is 31.9 Å². The summed E-state index contributed by atoms with van der Waals surface area (Å²) in [6, 6.07) is 4.62. The summed E-state index contributed by atoms with van der Waals surface area (Å²) in [5.74, 6) is 0. The zero-order valence-electron chi connectivity index (χ0n) is 11.6. The number of halogens is 3. The van der Waals surface area contributed by atoms with Crippen LogP contribution in [0.15, 0.2) is 24.3 Å². The van der Waals surface area contributed by atoms with Crippen molar-refractivity contribution in [1.82, 2.24) is 0 Å². The van der Waals surface area contributed by atoms with Crippen LogP contribution in [0, 0.1) is 0 Å². The van der Waals surface area contributed by atoms with E-state index in [1.165, 1.54) is 6.07 Å². The minimum Gasteiger partial charge on any atom is -0.351 e. The molecule has 1 atom stereocenters. The average molecular weight is 291 g/mol. The Kier molecular flexibility index (Phi) is 6.45. The van der Waals surface area contributed by atoms with E-state index in [1.54, 1.807) is 6.07 Å². The van der Waals surface area contributed by atoms with Crippen LogP contribution in [0.1, 0.15) is 25.0 Å². The zero-order chi connectivity index (χ0) is 15.2. The third-order valence-corrected chi connectivity index (χ3v) is 2.74. The second-order valence-corrected chi connectivity index (χ2v) is 4.35. The third-order valence-electron chi connectivity index (χ3n) is 2.74. The van der Waals surface area contributed by atoms with E-state index in [2.05, 4.69) is 0 Å². The van der Waals surface area contributed by atoms with E-state index in [9.17, 15) is 13.2 Å². The summed E-state index contributed by atoms with van der Waals surface area (Å²) >= 11 is 0. The zero-order valence-corrected chi connectivity index (χ0v) is 11.6. The quantitative estimate of drug-likeness (QED) is 0.785. The molecule has 0 aliphatic carbocycles. The molecule has 0 fully saturated rings. The minimum atomic E-state index is -4.35. The van der Waals surface area contributed by atoms with Gasteiger partial charge in [0.1, 0.15) is 0 Å². The maximum Gasteiger partial charge on any atom is 0.416 e. The van der Waals surface area contributed by atoms with Gasteiger partial charge >= 0.3 is 6.18 Å². The highest BCUT2D eigenvalue weighted by atomic mass is 19.4. The van der Waals surface area contributed by atoms with Gasteiger partial charge in [-0.2, -0.15) is 13.2 Å². The fraction of sp³-hybridized carbons (Fsp3) is 0.571. The highest BCUT2D eigenvalue weighted by Gasteiger charge is 2.30. The summed E-state index contributed by atoms with van der Waals surface area (Å²) < 4.78 is 48.6. The highest BCUT2D eigenvalue weighted by molar-refractivity contribution is 5.26. The summed E-state index contributed by atoms with van der Waals surface area (Å²) in [6.07, 6.45) is -4.70. The van der Waals surface area contributed by atoms with Gasteiger partial charge in [0.05, 0.1) is 11.6 Å².